The van der Waals surface area contributed by atoms with Crippen LogP contribution in [-0.2, 0) is 10.5 Å². The maximum atomic E-state index is 12.3. The summed E-state index contributed by atoms with van der Waals surface area (Å²) in [4.78, 5) is 12.3. The maximum absolute atomic E-state index is 12.3. The molecule has 22 heavy (non-hydrogen) atoms. The number of benzene rings is 1. The molecule has 0 atom stereocenters. The molecular formula is C17H27ClN2OS. The topological polar surface area (TPSA) is 55.1 Å². The third-order valence-electron chi connectivity index (χ3n) is 4.43. The van der Waals surface area contributed by atoms with Crippen LogP contribution in [0.3, 0.4) is 0 Å². The number of hydrogen-bond donors (Lipinski definition) is 2. The number of nitrogens with two attached hydrogens (primary N) is 1. The minimum absolute atomic E-state index is 0. The normalized spacial score (nSPS) is 16.6. The van der Waals surface area contributed by atoms with Gasteiger partial charge in [-0.05, 0) is 48.8 Å². The highest BCUT2D eigenvalue weighted by molar-refractivity contribution is 7.97. The summed E-state index contributed by atoms with van der Waals surface area (Å²) in [6.07, 6.45) is 8.50. The van der Waals surface area contributed by atoms with Crippen LogP contribution in [0.4, 0.5) is 5.69 Å². The summed E-state index contributed by atoms with van der Waals surface area (Å²) in [5.74, 6) is 1.10. The van der Waals surface area contributed by atoms with Gasteiger partial charge >= 0.3 is 0 Å². The lowest BCUT2D eigenvalue weighted by Gasteiger charge is -2.35. The van der Waals surface area contributed by atoms with Gasteiger partial charge in [0.1, 0.15) is 0 Å². The molecule has 124 valence electrons. The highest BCUT2D eigenvalue weighted by Gasteiger charge is 2.32. The largest absolute Gasteiger partial charge is 0.330 e. The van der Waals surface area contributed by atoms with E-state index in [2.05, 4.69) is 23.7 Å². The Hall–Kier alpha value is -0.710. The predicted octanol–water partition coefficient (Wildman–Crippen LogP) is 4.21. The van der Waals surface area contributed by atoms with Crippen LogP contribution in [0.2, 0.25) is 0 Å². The van der Waals surface area contributed by atoms with E-state index < -0.39 is 0 Å². The summed E-state index contributed by atoms with van der Waals surface area (Å²) >= 11 is 1.80. The van der Waals surface area contributed by atoms with Gasteiger partial charge in [0.05, 0.1) is 0 Å². The first-order valence-electron chi connectivity index (χ1n) is 7.75. The molecule has 0 saturated heterocycles. The quantitative estimate of drug-likeness (QED) is 0.814. The number of anilines is 1. The lowest BCUT2D eigenvalue weighted by Crippen LogP contribution is -2.36. The van der Waals surface area contributed by atoms with Gasteiger partial charge in [-0.25, -0.2) is 0 Å². The Morgan fingerprint density at radius 3 is 2.41 bits per heavy atom. The number of hydrogen-bond acceptors (Lipinski definition) is 3. The van der Waals surface area contributed by atoms with Crippen LogP contribution < -0.4 is 11.1 Å². The van der Waals surface area contributed by atoms with E-state index in [0.717, 1.165) is 24.3 Å². The number of nitrogens with one attached hydrogen (secondary N) is 1. The van der Waals surface area contributed by atoms with E-state index in [0.29, 0.717) is 13.0 Å². The molecule has 1 fully saturated rings. The van der Waals surface area contributed by atoms with Crippen molar-refractivity contribution in [1.82, 2.24) is 0 Å². The smallest absolute Gasteiger partial charge is 0.224 e. The monoisotopic (exact) mass is 342 g/mol. The Kier molecular flexibility index (Phi) is 8.29. The second-order valence-electron chi connectivity index (χ2n) is 6.12. The Bertz CT molecular complexity index is 458. The average molecular weight is 343 g/mol. The predicted molar refractivity (Wildman–Crippen MR) is 98.7 cm³/mol. The second kappa shape index (κ2) is 9.43. The Labute approximate surface area is 144 Å². The fourth-order valence-corrected chi connectivity index (χ4v) is 3.68. The highest BCUT2D eigenvalue weighted by Crippen LogP contribution is 2.38. The van der Waals surface area contributed by atoms with Gasteiger partial charge in [-0.15, -0.1) is 12.4 Å². The van der Waals surface area contributed by atoms with Crippen LogP contribution in [0.25, 0.3) is 0 Å². The van der Waals surface area contributed by atoms with Crippen molar-refractivity contribution in [2.24, 2.45) is 11.1 Å². The fraction of sp³-hybridized carbons (Fsp3) is 0.588. The van der Waals surface area contributed by atoms with Gasteiger partial charge in [0.15, 0.2) is 0 Å². The van der Waals surface area contributed by atoms with Gasteiger partial charge in [0.25, 0.3) is 0 Å². The van der Waals surface area contributed by atoms with E-state index in [1.807, 2.05) is 12.1 Å². The van der Waals surface area contributed by atoms with Crippen LogP contribution >= 0.6 is 24.2 Å². The van der Waals surface area contributed by atoms with Crippen LogP contribution in [0.5, 0.6) is 0 Å². The summed E-state index contributed by atoms with van der Waals surface area (Å²) in [5.41, 5.74) is 8.15. The molecule has 0 radical (unpaired) electrons. The molecule has 1 aliphatic carbocycles. The fourth-order valence-electron chi connectivity index (χ4n) is 3.15. The van der Waals surface area contributed by atoms with Crippen molar-refractivity contribution in [3.05, 3.63) is 29.8 Å². The number of amides is 1. The molecule has 1 aliphatic rings. The van der Waals surface area contributed by atoms with Crippen molar-refractivity contribution in [2.75, 3.05) is 18.1 Å². The number of carbonyl (C=O) groups excluding carboxylic acids is 1. The molecule has 0 unspecified atom stereocenters. The molecular weight excluding hydrogens is 316 g/mol. The minimum atomic E-state index is 0. The Balaban J connectivity index is 0.00000242. The van der Waals surface area contributed by atoms with Crippen molar-refractivity contribution < 1.29 is 4.79 Å². The number of halogens is 1. The summed E-state index contributed by atoms with van der Waals surface area (Å²) in [7, 11) is 0. The molecule has 5 heteroatoms. The van der Waals surface area contributed by atoms with Crippen LogP contribution in [0.1, 0.15) is 44.1 Å². The third kappa shape index (κ3) is 5.49. The van der Waals surface area contributed by atoms with Crippen LogP contribution in [-0.4, -0.2) is 18.7 Å². The highest BCUT2D eigenvalue weighted by atomic mass is 35.5. The molecule has 0 bridgehead atoms. The zero-order valence-corrected chi connectivity index (χ0v) is 14.9. The summed E-state index contributed by atoms with van der Waals surface area (Å²) in [6.45, 7) is 0.618. The molecule has 3 nitrogen and oxygen atoms in total. The molecule has 0 spiro atoms. The Morgan fingerprint density at radius 1 is 1.23 bits per heavy atom. The van der Waals surface area contributed by atoms with E-state index in [1.165, 1.54) is 24.8 Å². The zero-order valence-electron chi connectivity index (χ0n) is 13.3. The summed E-state index contributed by atoms with van der Waals surface area (Å²) in [6, 6.07) is 8.12. The lowest BCUT2D eigenvalue weighted by atomic mass is 9.71. The first kappa shape index (κ1) is 19.3. The van der Waals surface area contributed by atoms with Gasteiger partial charge < -0.3 is 11.1 Å². The van der Waals surface area contributed by atoms with Crippen molar-refractivity contribution in [1.29, 1.82) is 0 Å². The molecule has 2 rings (SSSR count). The lowest BCUT2D eigenvalue weighted by molar-refractivity contribution is -0.118. The maximum Gasteiger partial charge on any atom is 0.224 e. The van der Waals surface area contributed by atoms with Gasteiger partial charge in [-0.3, -0.25) is 4.79 Å². The number of carbonyl (C=O) groups is 1. The summed E-state index contributed by atoms with van der Waals surface area (Å²) < 4.78 is 0. The van der Waals surface area contributed by atoms with Gasteiger partial charge in [0.2, 0.25) is 5.91 Å². The van der Waals surface area contributed by atoms with Crippen molar-refractivity contribution in [3.63, 3.8) is 0 Å². The van der Waals surface area contributed by atoms with Crippen molar-refractivity contribution in [3.8, 4) is 0 Å². The van der Waals surface area contributed by atoms with Gasteiger partial charge in [0, 0.05) is 17.9 Å². The molecule has 1 saturated carbocycles. The van der Waals surface area contributed by atoms with Crippen molar-refractivity contribution in [2.45, 2.75) is 44.3 Å². The van der Waals surface area contributed by atoms with Gasteiger partial charge in [-0.2, -0.15) is 11.8 Å². The number of thioether (sulfide) groups is 1. The second-order valence-corrected chi connectivity index (χ2v) is 6.99. The minimum Gasteiger partial charge on any atom is -0.330 e. The SMILES string of the molecule is CSCc1ccc(NC(=O)CC2(CN)CCCCC2)cc1.Cl. The zero-order chi connectivity index (χ0) is 15.1. The molecule has 0 aromatic heterocycles. The van der Waals surface area contributed by atoms with Crippen molar-refractivity contribution >= 4 is 35.8 Å². The molecule has 1 aromatic rings. The standard InChI is InChI=1S/C17H26N2OS.ClH/c1-21-12-14-5-7-15(8-6-14)19-16(20)11-17(13-18)9-3-2-4-10-17;/h5-8H,2-4,9-13,18H2,1H3,(H,19,20);1H. The first-order valence-corrected chi connectivity index (χ1v) is 9.15. The van der Waals surface area contributed by atoms with E-state index in [9.17, 15) is 4.79 Å². The average Bonchev–Trinajstić information content (AvgIpc) is 2.50. The number of rotatable bonds is 6. The van der Waals surface area contributed by atoms with Gasteiger partial charge in [-0.1, -0.05) is 31.4 Å². The third-order valence-corrected chi connectivity index (χ3v) is 5.05. The van der Waals surface area contributed by atoms with Crippen LogP contribution in [0.15, 0.2) is 24.3 Å². The Morgan fingerprint density at radius 2 is 1.86 bits per heavy atom. The summed E-state index contributed by atoms with van der Waals surface area (Å²) in [5, 5.41) is 3.02. The van der Waals surface area contributed by atoms with E-state index >= 15 is 0 Å². The molecule has 0 heterocycles. The van der Waals surface area contributed by atoms with E-state index in [4.69, 9.17) is 5.73 Å². The van der Waals surface area contributed by atoms with E-state index in [1.54, 1.807) is 11.8 Å². The molecule has 1 aromatic carbocycles. The molecule has 3 N–H and O–H groups in total. The first-order chi connectivity index (χ1) is 10.2. The van der Waals surface area contributed by atoms with Crippen LogP contribution in [0, 0.1) is 5.41 Å². The molecule has 1 amide bonds. The molecule has 0 aliphatic heterocycles. The van der Waals surface area contributed by atoms with E-state index in [-0.39, 0.29) is 23.7 Å².